The van der Waals surface area contributed by atoms with Crippen molar-refractivity contribution in [2.75, 3.05) is 31.1 Å². The van der Waals surface area contributed by atoms with Crippen LogP contribution in [-0.2, 0) is 0 Å². The first-order valence-electron chi connectivity index (χ1n) is 8.91. The van der Waals surface area contributed by atoms with Crippen molar-refractivity contribution in [3.63, 3.8) is 0 Å². The number of hydrogen-bond donors (Lipinski definition) is 1. The van der Waals surface area contributed by atoms with E-state index in [9.17, 15) is 4.79 Å². The normalized spacial score (nSPS) is 15.1. The molecular formula is C20H22N4OS. The molecule has 5 nitrogen and oxygen atoms in total. The number of H-pyrrole nitrogens is 1. The molecule has 1 aliphatic rings. The Hall–Kier alpha value is -2.60. The van der Waals surface area contributed by atoms with Crippen molar-refractivity contribution in [3.8, 4) is 10.6 Å². The summed E-state index contributed by atoms with van der Waals surface area (Å²) in [6.45, 7) is 5.46. The molecule has 0 atom stereocenters. The molecule has 1 fully saturated rings. The Bertz CT molecular complexity index is 887. The first-order chi connectivity index (χ1) is 12.7. The fourth-order valence-electron chi connectivity index (χ4n) is 3.51. The summed E-state index contributed by atoms with van der Waals surface area (Å²) in [6, 6.07) is 12.4. The van der Waals surface area contributed by atoms with Crippen LogP contribution in [0.1, 0.15) is 22.3 Å². The number of nitrogens with one attached hydrogen (secondary N) is 1. The molecule has 3 heterocycles. The Balaban J connectivity index is 1.51. The number of amides is 1. The molecule has 2 aromatic heterocycles. The molecule has 4 rings (SSSR count). The largest absolute Gasteiger partial charge is 0.369 e. The van der Waals surface area contributed by atoms with Crippen LogP contribution in [0.3, 0.4) is 0 Å². The molecule has 134 valence electrons. The number of aryl methyl sites for hydroxylation is 1. The SMILES string of the molecule is Cc1ccccc1N1CCCN(C(=O)c2cn[nH]c2-c2cccs2)CC1. The molecule has 0 bridgehead atoms. The molecule has 1 aliphatic heterocycles. The van der Waals surface area contributed by atoms with E-state index in [2.05, 4.69) is 46.3 Å². The molecular weight excluding hydrogens is 344 g/mol. The van der Waals surface area contributed by atoms with E-state index in [-0.39, 0.29) is 5.91 Å². The summed E-state index contributed by atoms with van der Waals surface area (Å²) in [6.07, 6.45) is 2.62. The van der Waals surface area contributed by atoms with Gasteiger partial charge in [0.25, 0.3) is 5.91 Å². The number of rotatable bonds is 3. The van der Waals surface area contributed by atoms with E-state index in [4.69, 9.17) is 0 Å². The maximum absolute atomic E-state index is 13.1. The second-order valence-electron chi connectivity index (χ2n) is 6.56. The summed E-state index contributed by atoms with van der Waals surface area (Å²) in [5, 5.41) is 9.11. The molecule has 3 aromatic rings. The molecule has 0 aliphatic carbocycles. The van der Waals surface area contributed by atoms with Crippen LogP contribution in [0.2, 0.25) is 0 Å². The van der Waals surface area contributed by atoms with Crippen LogP contribution in [0.4, 0.5) is 5.69 Å². The Kier molecular flexibility index (Phi) is 4.75. The molecule has 0 saturated carbocycles. The number of para-hydroxylation sites is 1. The van der Waals surface area contributed by atoms with Crippen molar-refractivity contribution in [2.45, 2.75) is 13.3 Å². The van der Waals surface area contributed by atoms with Crippen molar-refractivity contribution in [1.29, 1.82) is 0 Å². The number of aromatic amines is 1. The minimum atomic E-state index is 0.0637. The van der Waals surface area contributed by atoms with Crippen molar-refractivity contribution in [2.24, 2.45) is 0 Å². The lowest BCUT2D eigenvalue weighted by Gasteiger charge is -2.25. The van der Waals surface area contributed by atoms with Gasteiger partial charge in [-0.15, -0.1) is 11.3 Å². The van der Waals surface area contributed by atoms with Gasteiger partial charge in [0.1, 0.15) is 0 Å². The number of thiophene rings is 1. The van der Waals surface area contributed by atoms with Crippen LogP contribution in [0.15, 0.2) is 48.0 Å². The lowest BCUT2D eigenvalue weighted by atomic mass is 10.2. The minimum Gasteiger partial charge on any atom is -0.369 e. The van der Waals surface area contributed by atoms with Crippen LogP contribution >= 0.6 is 11.3 Å². The number of carbonyl (C=O) groups is 1. The highest BCUT2D eigenvalue weighted by atomic mass is 32.1. The van der Waals surface area contributed by atoms with Crippen LogP contribution in [0.25, 0.3) is 10.6 Å². The minimum absolute atomic E-state index is 0.0637. The van der Waals surface area contributed by atoms with E-state index >= 15 is 0 Å². The van der Waals surface area contributed by atoms with E-state index < -0.39 is 0 Å². The topological polar surface area (TPSA) is 52.2 Å². The number of hydrogen-bond acceptors (Lipinski definition) is 4. The van der Waals surface area contributed by atoms with Gasteiger partial charge >= 0.3 is 0 Å². The summed E-state index contributed by atoms with van der Waals surface area (Å²) < 4.78 is 0. The predicted octanol–water partition coefficient (Wildman–Crippen LogP) is 3.80. The standard InChI is InChI=1S/C20H22N4OS/c1-15-6-2-3-7-17(15)23-9-5-10-24(12-11-23)20(25)16-14-21-22-19(16)18-8-4-13-26-18/h2-4,6-8,13-14H,5,9-12H2,1H3,(H,21,22). The number of aromatic nitrogens is 2. The van der Waals surface area contributed by atoms with E-state index in [0.29, 0.717) is 5.56 Å². The summed E-state index contributed by atoms with van der Waals surface area (Å²) in [7, 11) is 0. The summed E-state index contributed by atoms with van der Waals surface area (Å²) >= 11 is 1.61. The Morgan fingerprint density at radius 2 is 2.00 bits per heavy atom. The Morgan fingerprint density at radius 1 is 1.12 bits per heavy atom. The van der Waals surface area contributed by atoms with Gasteiger partial charge in [-0.25, -0.2) is 0 Å². The van der Waals surface area contributed by atoms with Gasteiger partial charge in [-0.1, -0.05) is 24.3 Å². The molecule has 0 radical (unpaired) electrons. The second kappa shape index (κ2) is 7.33. The maximum atomic E-state index is 13.1. The summed E-state index contributed by atoms with van der Waals surface area (Å²) in [4.78, 5) is 18.5. The van der Waals surface area contributed by atoms with Gasteiger partial charge in [0.05, 0.1) is 22.3 Å². The zero-order valence-corrected chi connectivity index (χ0v) is 15.6. The lowest BCUT2D eigenvalue weighted by Crippen LogP contribution is -2.35. The molecule has 0 unspecified atom stereocenters. The number of carbonyl (C=O) groups excluding carboxylic acids is 1. The van der Waals surface area contributed by atoms with Gasteiger partial charge in [-0.3, -0.25) is 9.89 Å². The van der Waals surface area contributed by atoms with Crippen LogP contribution in [-0.4, -0.2) is 47.2 Å². The number of benzene rings is 1. The van der Waals surface area contributed by atoms with Crippen molar-refractivity contribution >= 4 is 22.9 Å². The third-order valence-electron chi connectivity index (χ3n) is 4.88. The van der Waals surface area contributed by atoms with Gasteiger partial charge in [0.15, 0.2) is 0 Å². The monoisotopic (exact) mass is 366 g/mol. The van der Waals surface area contributed by atoms with Gasteiger partial charge in [-0.05, 0) is 36.4 Å². The molecule has 6 heteroatoms. The van der Waals surface area contributed by atoms with E-state index in [1.165, 1.54) is 11.3 Å². The lowest BCUT2D eigenvalue weighted by molar-refractivity contribution is 0.0768. The van der Waals surface area contributed by atoms with Crippen molar-refractivity contribution in [1.82, 2.24) is 15.1 Å². The van der Waals surface area contributed by atoms with Gasteiger partial charge < -0.3 is 9.80 Å². The van der Waals surface area contributed by atoms with Crippen LogP contribution in [0.5, 0.6) is 0 Å². The number of anilines is 1. The highest BCUT2D eigenvalue weighted by molar-refractivity contribution is 7.13. The molecule has 26 heavy (non-hydrogen) atoms. The Labute approximate surface area is 157 Å². The van der Waals surface area contributed by atoms with Crippen molar-refractivity contribution in [3.05, 3.63) is 59.1 Å². The predicted molar refractivity (Wildman–Crippen MR) is 106 cm³/mol. The average molecular weight is 366 g/mol. The highest BCUT2D eigenvalue weighted by Gasteiger charge is 2.24. The van der Waals surface area contributed by atoms with E-state index in [1.807, 2.05) is 22.4 Å². The Morgan fingerprint density at radius 3 is 2.81 bits per heavy atom. The van der Waals surface area contributed by atoms with Crippen LogP contribution in [0, 0.1) is 6.92 Å². The average Bonchev–Trinajstić information content (AvgIpc) is 3.29. The van der Waals surface area contributed by atoms with E-state index in [0.717, 1.165) is 43.2 Å². The fourth-order valence-corrected chi connectivity index (χ4v) is 4.24. The third kappa shape index (κ3) is 3.24. The van der Waals surface area contributed by atoms with Crippen LogP contribution < -0.4 is 4.90 Å². The second-order valence-corrected chi connectivity index (χ2v) is 7.50. The quantitative estimate of drug-likeness (QED) is 0.767. The zero-order chi connectivity index (χ0) is 17.9. The smallest absolute Gasteiger partial charge is 0.257 e. The zero-order valence-electron chi connectivity index (χ0n) is 14.8. The molecule has 0 spiro atoms. The number of nitrogens with zero attached hydrogens (tertiary/aromatic N) is 3. The first kappa shape index (κ1) is 16.8. The van der Waals surface area contributed by atoms with Gasteiger partial charge in [0, 0.05) is 31.9 Å². The van der Waals surface area contributed by atoms with Crippen molar-refractivity contribution < 1.29 is 4.79 Å². The maximum Gasteiger partial charge on any atom is 0.257 e. The van der Waals surface area contributed by atoms with Gasteiger partial charge in [-0.2, -0.15) is 5.10 Å². The van der Waals surface area contributed by atoms with Gasteiger partial charge in [0.2, 0.25) is 0 Å². The molecule has 1 aromatic carbocycles. The fraction of sp³-hybridized carbons (Fsp3) is 0.300. The van der Waals surface area contributed by atoms with E-state index in [1.54, 1.807) is 17.5 Å². The molecule has 1 amide bonds. The summed E-state index contributed by atoms with van der Waals surface area (Å²) in [5.41, 5.74) is 4.04. The first-order valence-corrected chi connectivity index (χ1v) is 9.79. The molecule has 1 N–H and O–H groups in total. The molecule has 1 saturated heterocycles. The third-order valence-corrected chi connectivity index (χ3v) is 5.76. The highest BCUT2D eigenvalue weighted by Crippen LogP contribution is 2.27. The summed E-state index contributed by atoms with van der Waals surface area (Å²) in [5.74, 6) is 0.0637.